The third kappa shape index (κ3) is 3.23. The van der Waals surface area contributed by atoms with E-state index in [-0.39, 0.29) is 11.7 Å². The fourth-order valence-electron chi connectivity index (χ4n) is 1.99. The molecular weight excluding hydrogens is 249 g/mol. The van der Waals surface area contributed by atoms with Gasteiger partial charge in [-0.25, -0.2) is 4.39 Å². The van der Waals surface area contributed by atoms with E-state index in [0.717, 1.165) is 0 Å². The first kappa shape index (κ1) is 13.8. The SMILES string of the molecule is Cc1cccc(OC(C)C(=O)N2CCOCC2)c1F. The summed E-state index contributed by atoms with van der Waals surface area (Å²) in [7, 11) is 0. The summed E-state index contributed by atoms with van der Waals surface area (Å²) in [5.41, 5.74) is 0.503. The number of morpholine rings is 1. The van der Waals surface area contributed by atoms with Crippen molar-refractivity contribution in [3.05, 3.63) is 29.6 Å². The first-order chi connectivity index (χ1) is 9.09. The van der Waals surface area contributed by atoms with E-state index in [1.807, 2.05) is 0 Å². The summed E-state index contributed by atoms with van der Waals surface area (Å²) in [5, 5.41) is 0. The van der Waals surface area contributed by atoms with Crippen molar-refractivity contribution in [1.82, 2.24) is 4.90 Å². The first-order valence-corrected chi connectivity index (χ1v) is 6.38. The van der Waals surface area contributed by atoms with E-state index in [1.165, 1.54) is 6.07 Å². The third-order valence-corrected chi connectivity index (χ3v) is 3.13. The second-order valence-corrected chi connectivity index (χ2v) is 4.58. The van der Waals surface area contributed by atoms with Crippen LogP contribution in [0.5, 0.6) is 5.75 Å². The van der Waals surface area contributed by atoms with Crippen LogP contribution in [0.4, 0.5) is 4.39 Å². The summed E-state index contributed by atoms with van der Waals surface area (Å²) in [6, 6.07) is 4.90. The van der Waals surface area contributed by atoms with E-state index in [2.05, 4.69) is 0 Å². The molecular formula is C14H18FNO3. The van der Waals surface area contributed by atoms with E-state index in [0.29, 0.717) is 31.9 Å². The Morgan fingerprint density at radius 1 is 1.42 bits per heavy atom. The average Bonchev–Trinajstić information content (AvgIpc) is 2.44. The van der Waals surface area contributed by atoms with Gasteiger partial charge in [-0.3, -0.25) is 4.79 Å². The Bertz CT molecular complexity index is 458. The topological polar surface area (TPSA) is 38.8 Å². The normalized spacial score (nSPS) is 17.1. The minimum Gasteiger partial charge on any atom is -0.478 e. The van der Waals surface area contributed by atoms with Gasteiger partial charge in [0.15, 0.2) is 17.7 Å². The molecule has 0 aliphatic carbocycles. The van der Waals surface area contributed by atoms with Crippen LogP contribution in [0, 0.1) is 12.7 Å². The van der Waals surface area contributed by atoms with Gasteiger partial charge in [-0.15, -0.1) is 0 Å². The van der Waals surface area contributed by atoms with E-state index in [4.69, 9.17) is 9.47 Å². The number of halogens is 1. The molecule has 0 spiro atoms. The van der Waals surface area contributed by atoms with Gasteiger partial charge < -0.3 is 14.4 Å². The van der Waals surface area contributed by atoms with Crippen molar-refractivity contribution in [1.29, 1.82) is 0 Å². The zero-order valence-electron chi connectivity index (χ0n) is 11.2. The molecule has 5 heteroatoms. The van der Waals surface area contributed by atoms with E-state index in [1.54, 1.807) is 30.9 Å². The maximum Gasteiger partial charge on any atom is 0.263 e. The van der Waals surface area contributed by atoms with Crippen molar-refractivity contribution < 1.29 is 18.7 Å². The van der Waals surface area contributed by atoms with Gasteiger partial charge in [-0.05, 0) is 25.5 Å². The molecule has 1 atom stereocenters. The van der Waals surface area contributed by atoms with Crippen LogP contribution in [0.25, 0.3) is 0 Å². The minimum absolute atomic E-state index is 0.120. The minimum atomic E-state index is -0.700. The molecule has 1 amide bonds. The molecule has 19 heavy (non-hydrogen) atoms. The zero-order chi connectivity index (χ0) is 13.8. The van der Waals surface area contributed by atoms with Crippen molar-refractivity contribution >= 4 is 5.91 Å². The summed E-state index contributed by atoms with van der Waals surface area (Å²) < 4.78 is 24.4. The van der Waals surface area contributed by atoms with Crippen molar-refractivity contribution in [2.24, 2.45) is 0 Å². The zero-order valence-corrected chi connectivity index (χ0v) is 11.2. The van der Waals surface area contributed by atoms with Gasteiger partial charge in [0, 0.05) is 13.1 Å². The van der Waals surface area contributed by atoms with Crippen LogP contribution in [0.2, 0.25) is 0 Å². The number of hydrogen-bond donors (Lipinski definition) is 0. The van der Waals surface area contributed by atoms with Crippen molar-refractivity contribution in [2.75, 3.05) is 26.3 Å². The number of carbonyl (C=O) groups excluding carboxylic acids is 1. The fraction of sp³-hybridized carbons (Fsp3) is 0.500. The van der Waals surface area contributed by atoms with Gasteiger partial charge in [0.05, 0.1) is 13.2 Å². The predicted molar refractivity (Wildman–Crippen MR) is 68.6 cm³/mol. The number of nitrogens with zero attached hydrogens (tertiary/aromatic N) is 1. The van der Waals surface area contributed by atoms with E-state index >= 15 is 0 Å². The molecule has 2 rings (SSSR count). The maximum atomic E-state index is 13.8. The van der Waals surface area contributed by atoms with Crippen LogP contribution in [0.1, 0.15) is 12.5 Å². The third-order valence-electron chi connectivity index (χ3n) is 3.13. The lowest BCUT2D eigenvalue weighted by Crippen LogP contribution is -2.46. The van der Waals surface area contributed by atoms with Gasteiger partial charge in [0.2, 0.25) is 0 Å². The number of ether oxygens (including phenoxy) is 2. The highest BCUT2D eigenvalue weighted by molar-refractivity contribution is 5.81. The maximum absolute atomic E-state index is 13.8. The molecule has 0 radical (unpaired) electrons. The average molecular weight is 267 g/mol. The smallest absolute Gasteiger partial charge is 0.263 e. The Morgan fingerprint density at radius 2 is 2.11 bits per heavy atom. The summed E-state index contributed by atoms with van der Waals surface area (Å²) in [4.78, 5) is 13.8. The highest BCUT2D eigenvalue weighted by Crippen LogP contribution is 2.21. The van der Waals surface area contributed by atoms with Crippen molar-refractivity contribution in [3.63, 3.8) is 0 Å². The Balaban J connectivity index is 2.01. The lowest BCUT2D eigenvalue weighted by Gasteiger charge is -2.29. The van der Waals surface area contributed by atoms with Crippen molar-refractivity contribution in [2.45, 2.75) is 20.0 Å². The largest absolute Gasteiger partial charge is 0.478 e. The molecule has 1 aromatic carbocycles. The molecule has 1 aliphatic heterocycles. The number of benzene rings is 1. The second-order valence-electron chi connectivity index (χ2n) is 4.58. The molecule has 0 N–H and O–H groups in total. The number of hydrogen-bond acceptors (Lipinski definition) is 3. The van der Waals surface area contributed by atoms with Crippen LogP contribution < -0.4 is 4.74 Å². The highest BCUT2D eigenvalue weighted by Gasteiger charge is 2.24. The van der Waals surface area contributed by atoms with E-state index < -0.39 is 11.9 Å². The van der Waals surface area contributed by atoms with Crippen LogP contribution >= 0.6 is 0 Å². The van der Waals surface area contributed by atoms with Crippen LogP contribution in [0.15, 0.2) is 18.2 Å². The number of carbonyl (C=O) groups is 1. The lowest BCUT2D eigenvalue weighted by atomic mass is 10.2. The predicted octanol–water partition coefficient (Wildman–Crippen LogP) is 1.76. The second kappa shape index (κ2) is 6.02. The quantitative estimate of drug-likeness (QED) is 0.837. The molecule has 1 aromatic rings. The fourth-order valence-corrected chi connectivity index (χ4v) is 1.99. The monoisotopic (exact) mass is 267 g/mol. The molecule has 4 nitrogen and oxygen atoms in total. The number of amides is 1. The van der Waals surface area contributed by atoms with Crippen LogP contribution in [-0.2, 0) is 9.53 Å². The molecule has 0 saturated carbocycles. The summed E-state index contributed by atoms with van der Waals surface area (Å²) in [6.07, 6.45) is -0.700. The summed E-state index contributed by atoms with van der Waals surface area (Å²) in [5.74, 6) is -0.428. The number of rotatable bonds is 3. The Labute approximate surface area is 112 Å². The highest BCUT2D eigenvalue weighted by atomic mass is 19.1. The summed E-state index contributed by atoms with van der Waals surface area (Å²) >= 11 is 0. The van der Waals surface area contributed by atoms with E-state index in [9.17, 15) is 9.18 Å². The molecule has 0 bridgehead atoms. The van der Waals surface area contributed by atoms with Crippen molar-refractivity contribution in [3.8, 4) is 5.75 Å². The van der Waals surface area contributed by atoms with Gasteiger partial charge in [0.1, 0.15) is 0 Å². The molecule has 1 fully saturated rings. The Morgan fingerprint density at radius 3 is 2.79 bits per heavy atom. The van der Waals surface area contributed by atoms with Gasteiger partial charge in [-0.2, -0.15) is 0 Å². The summed E-state index contributed by atoms with van der Waals surface area (Å²) in [6.45, 7) is 5.50. The Hall–Kier alpha value is -1.62. The number of aryl methyl sites for hydroxylation is 1. The standard InChI is InChI=1S/C14H18FNO3/c1-10-4-3-5-12(13(10)15)19-11(2)14(17)16-6-8-18-9-7-16/h3-5,11H,6-9H2,1-2H3. The Kier molecular flexibility index (Phi) is 4.37. The molecule has 1 unspecified atom stereocenters. The molecule has 104 valence electrons. The molecule has 1 heterocycles. The van der Waals surface area contributed by atoms with Crippen LogP contribution in [0.3, 0.4) is 0 Å². The molecule has 0 aromatic heterocycles. The molecule has 1 saturated heterocycles. The first-order valence-electron chi connectivity index (χ1n) is 6.38. The lowest BCUT2D eigenvalue weighted by molar-refractivity contribution is -0.142. The van der Waals surface area contributed by atoms with Crippen LogP contribution in [-0.4, -0.2) is 43.2 Å². The van der Waals surface area contributed by atoms with Gasteiger partial charge in [-0.1, -0.05) is 12.1 Å². The van der Waals surface area contributed by atoms with Gasteiger partial charge >= 0.3 is 0 Å². The molecule has 1 aliphatic rings. The van der Waals surface area contributed by atoms with Gasteiger partial charge in [0.25, 0.3) is 5.91 Å².